The lowest BCUT2D eigenvalue weighted by molar-refractivity contribution is 0.0646. The number of hydrogen-bond acceptors (Lipinski definition) is 3. The average Bonchev–Trinajstić information content (AvgIpc) is 3.04. The topological polar surface area (TPSA) is 38.8 Å². The molecule has 20 heavy (non-hydrogen) atoms. The minimum absolute atomic E-state index is 0.105. The third kappa shape index (κ3) is 3.87. The van der Waals surface area contributed by atoms with E-state index in [1.165, 1.54) is 0 Å². The molecule has 2 aliphatic heterocycles. The summed E-state index contributed by atoms with van der Waals surface area (Å²) in [6, 6.07) is 0.735. The molecule has 0 aromatic heterocycles. The Morgan fingerprint density at radius 3 is 2.65 bits per heavy atom. The molecule has 116 valence electrons. The number of hydrogen-bond donors (Lipinski definition) is 0. The van der Waals surface area contributed by atoms with Gasteiger partial charge in [0.2, 0.25) is 0 Å². The summed E-state index contributed by atoms with van der Waals surface area (Å²) in [4.78, 5) is 14.4. The molecule has 0 aromatic carbocycles. The summed E-state index contributed by atoms with van der Waals surface area (Å²) in [6.07, 6.45) is 5.26. The van der Waals surface area contributed by atoms with Crippen LogP contribution < -0.4 is 0 Å². The predicted molar refractivity (Wildman–Crippen MR) is 78.7 cm³/mol. The number of rotatable bonds is 5. The van der Waals surface area contributed by atoms with E-state index in [1.54, 1.807) is 0 Å². The molecule has 4 heteroatoms. The van der Waals surface area contributed by atoms with E-state index in [1.807, 2.05) is 4.90 Å². The van der Waals surface area contributed by atoms with Crippen LogP contribution in [0, 0.1) is 11.8 Å². The van der Waals surface area contributed by atoms with E-state index in [9.17, 15) is 4.79 Å². The fourth-order valence-corrected chi connectivity index (χ4v) is 3.41. The zero-order chi connectivity index (χ0) is 14.5. The molecule has 4 nitrogen and oxygen atoms in total. The van der Waals surface area contributed by atoms with Crippen LogP contribution in [-0.4, -0.2) is 42.9 Å². The van der Waals surface area contributed by atoms with Gasteiger partial charge in [-0.2, -0.15) is 0 Å². The number of likely N-dealkylation sites (tertiary alicyclic amines) is 1. The third-order valence-electron chi connectivity index (χ3n) is 4.51. The van der Waals surface area contributed by atoms with Gasteiger partial charge in [-0.1, -0.05) is 20.8 Å². The summed E-state index contributed by atoms with van der Waals surface area (Å²) in [5.41, 5.74) is 0. The van der Waals surface area contributed by atoms with Crippen LogP contribution in [0.15, 0.2) is 0 Å². The Bertz CT molecular complexity index is 313. The first-order chi connectivity index (χ1) is 9.61. The maximum absolute atomic E-state index is 12.4. The van der Waals surface area contributed by atoms with E-state index >= 15 is 0 Å². The predicted octanol–water partition coefficient (Wildman–Crippen LogP) is 3.45. The lowest BCUT2D eigenvalue weighted by atomic mass is 10.0. The van der Waals surface area contributed by atoms with Gasteiger partial charge in [0.05, 0.1) is 13.2 Å². The van der Waals surface area contributed by atoms with E-state index in [0.29, 0.717) is 30.5 Å². The van der Waals surface area contributed by atoms with Gasteiger partial charge >= 0.3 is 6.09 Å². The second kappa shape index (κ2) is 7.30. The Kier molecular flexibility index (Phi) is 5.70. The highest BCUT2D eigenvalue weighted by atomic mass is 16.6. The van der Waals surface area contributed by atoms with Crippen molar-refractivity contribution in [2.24, 2.45) is 11.8 Å². The highest BCUT2D eigenvalue weighted by Crippen LogP contribution is 2.31. The summed E-state index contributed by atoms with van der Waals surface area (Å²) in [6.45, 7) is 8.66. The van der Waals surface area contributed by atoms with Crippen molar-refractivity contribution in [1.29, 1.82) is 0 Å². The summed E-state index contributed by atoms with van der Waals surface area (Å²) in [5.74, 6) is 1.01. The van der Waals surface area contributed by atoms with Crippen LogP contribution in [0.3, 0.4) is 0 Å². The number of carbonyl (C=O) groups is 1. The van der Waals surface area contributed by atoms with Gasteiger partial charge in [0, 0.05) is 24.6 Å². The summed E-state index contributed by atoms with van der Waals surface area (Å²) in [5, 5.41) is 0. The molecule has 2 saturated heterocycles. The van der Waals surface area contributed by atoms with Crippen LogP contribution >= 0.6 is 0 Å². The molecule has 0 saturated carbocycles. The van der Waals surface area contributed by atoms with E-state index in [4.69, 9.17) is 9.47 Å². The lowest BCUT2D eigenvalue weighted by Crippen LogP contribution is -2.42. The summed E-state index contributed by atoms with van der Waals surface area (Å²) < 4.78 is 10.9. The fraction of sp³-hybridized carbons (Fsp3) is 0.938. The largest absolute Gasteiger partial charge is 0.449 e. The minimum atomic E-state index is -0.105. The summed E-state index contributed by atoms with van der Waals surface area (Å²) in [7, 11) is 0. The third-order valence-corrected chi connectivity index (χ3v) is 4.51. The van der Waals surface area contributed by atoms with Crippen LogP contribution in [0.25, 0.3) is 0 Å². The Morgan fingerprint density at radius 2 is 2.05 bits per heavy atom. The first kappa shape index (κ1) is 15.6. The van der Waals surface area contributed by atoms with Crippen LogP contribution in [0.5, 0.6) is 0 Å². The number of ether oxygens (including phenoxy) is 2. The standard InChI is InChI=1S/C16H29NO3/c1-4-14-5-6-15(9-12(2)3)17(14)16(18)20-11-13-7-8-19-10-13/h12-15H,4-11H2,1-3H3. The Hall–Kier alpha value is -0.770. The molecular formula is C16H29NO3. The van der Waals surface area contributed by atoms with Crippen molar-refractivity contribution in [1.82, 2.24) is 4.90 Å². The van der Waals surface area contributed by atoms with Crippen molar-refractivity contribution in [3.63, 3.8) is 0 Å². The molecule has 0 radical (unpaired) electrons. The van der Waals surface area contributed by atoms with Gasteiger partial charge in [0.25, 0.3) is 0 Å². The minimum Gasteiger partial charge on any atom is -0.449 e. The molecule has 0 spiro atoms. The van der Waals surface area contributed by atoms with Gasteiger partial charge < -0.3 is 14.4 Å². The molecule has 3 unspecified atom stereocenters. The van der Waals surface area contributed by atoms with Crippen molar-refractivity contribution in [3.8, 4) is 0 Å². The van der Waals surface area contributed by atoms with Gasteiger partial charge in [-0.05, 0) is 38.0 Å². The molecule has 0 N–H and O–H groups in total. The molecule has 0 aliphatic carbocycles. The molecule has 2 rings (SSSR count). The Labute approximate surface area is 122 Å². The zero-order valence-electron chi connectivity index (χ0n) is 13.1. The molecule has 2 heterocycles. The molecular weight excluding hydrogens is 254 g/mol. The highest BCUT2D eigenvalue weighted by Gasteiger charge is 2.37. The first-order valence-corrected chi connectivity index (χ1v) is 8.14. The fourth-order valence-electron chi connectivity index (χ4n) is 3.41. The van der Waals surface area contributed by atoms with Gasteiger partial charge in [0.1, 0.15) is 0 Å². The van der Waals surface area contributed by atoms with Gasteiger partial charge in [-0.15, -0.1) is 0 Å². The van der Waals surface area contributed by atoms with Gasteiger partial charge in [0.15, 0.2) is 0 Å². The van der Waals surface area contributed by atoms with E-state index in [0.717, 1.165) is 45.3 Å². The van der Waals surface area contributed by atoms with E-state index < -0.39 is 0 Å². The molecule has 0 aromatic rings. The second-order valence-corrected chi connectivity index (χ2v) is 6.64. The molecule has 0 bridgehead atoms. The molecule has 2 fully saturated rings. The van der Waals surface area contributed by atoms with Crippen LogP contribution in [0.2, 0.25) is 0 Å². The maximum atomic E-state index is 12.4. The SMILES string of the molecule is CCC1CCC(CC(C)C)N1C(=O)OCC1CCOC1. The maximum Gasteiger partial charge on any atom is 0.410 e. The van der Waals surface area contributed by atoms with Crippen molar-refractivity contribution in [2.45, 2.75) is 65.0 Å². The summed E-state index contributed by atoms with van der Waals surface area (Å²) >= 11 is 0. The highest BCUT2D eigenvalue weighted by molar-refractivity contribution is 5.69. The van der Waals surface area contributed by atoms with E-state index in [-0.39, 0.29) is 6.09 Å². The van der Waals surface area contributed by atoms with Crippen LogP contribution in [0.4, 0.5) is 4.79 Å². The first-order valence-electron chi connectivity index (χ1n) is 8.14. The van der Waals surface area contributed by atoms with Crippen molar-refractivity contribution in [2.75, 3.05) is 19.8 Å². The smallest absolute Gasteiger partial charge is 0.410 e. The molecule has 3 atom stereocenters. The monoisotopic (exact) mass is 283 g/mol. The Balaban J connectivity index is 1.88. The zero-order valence-corrected chi connectivity index (χ0v) is 13.1. The number of carbonyl (C=O) groups excluding carboxylic acids is 1. The number of nitrogens with zero attached hydrogens (tertiary/aromatic N) is 1. The van der Waals surface area contributed by atoms with Crippen molar-refractivity contribution in [3.05, 3.63) is 0 Å². The molecule has 1 amide bonds. The van der Waals surface area contributed by atoms with Gasteiger partial charge in [-0.25, -0.2) is 4.79 Å². The van der Waals surface area contributed by atoms with Gasteiger partial charge in [-0.3, -0.25) is 0 Å². The van der Waals surface area contributed by atoms with Crippen molar-refractivity contribution >= 4 is 6.09 Å². The van der Waals surface area contributed by atoms with E-state index in [2.05, 4.69) is 20.8 Å². The van der Waals surface area contributed by atoms with Crippen molar-refractivity contribution < 1.29 is 14.3 Å². The lowest BCUT2D eigenvalue weighted by Gasteiger charge is -2.30. The van der Waals surface area contributed by atoms with Crippen LogP contribution in [-0.2, 0) is 9.47 Å². The number of amides is 1. The van der Waals surface area contributed by atoms with Crippen LogP contribution in [0.1, 0.15) is 52.9 Å². The molecule has 2 aliphatic rings. The second-order valence-electron chi connectivity index (χ2n) is 6.64. The quantitative estimate of drug-likeness (QED) is 0.775. The Morgan fingerprint density at radius 1 is 1.30 bits per heavy atom. The normalized spacial score (nSPS) is 30.2. The average molecular weight is 283 g/mol.